The average Bonchev–Trinajstić information content (AvgIpc) is 2.90. The van der Waals surface area contributed by atoms with Crippen molar-refractivity contribution in [2.75, 3.05) is 6.79 Å². The highest BCUT2D eigenvalue weighted by atomic mass is 35.5. The zero-order valence-corrected chi connectivity index (χ0v) is 10.9. The van der Waals surface area contributed by atoms with Gasteiger partial charge in [-0.2, -0.15) is 0 Å². The van der Waals surface area contributed by atoms with Gasteiger partial charge < -0.3 is 13.9 Å². The molecule has 4 nitrogen and oxygen atoms in total. The molecule has 1 aromatic carbocycles. The smallest absolute Gasteiger partial charge is 0.231 e. The summed E-state index contributed by atoms with van der Waals surface area (Å²) in [5, 5.41) is 0.595. The third-order valence-electron chi connectivity index (χ3n) is 3.53. The molecule has 1 aromatic heterocycles. The number of halogens is 1. The van der Waals surface area contributed by atoms with E-state index in [9.17, 15) is 0 Å². The van der Waals surface area contributed by atoms with Gasteiger partial charge in [0.1, 0.15) is 0 Å². The summed E-state index contributed by atoms with van der Waals surface area (Å²) < 4.78 is 16.2. The first kappa shape index (κ1) is 11.2. The fraction of sp³-hybridized carbons (Fsp3) is 0.357. The molecule has 0 amide bonds. The van der Waals surface area contributed by atoms with Crippen molar-refractivity contribution in [1.29, 1.82) is 0 Å². The Kier molecular flexibility index (Phi) is 2.45. The maximum absolute atomic E-state index is 6.30. The highest BCUT2D eigenvalue weighted by Gasteiger charge is 2.26. The lowest BCUT2D eigenvalue weighted by atomic mass is 10.1. The van der Waals surface area contributed by atoms with Crippen molar-refractivity contribution in [2.45, 2.75) is 19.3 Å². The van der Waals surface area contributed by atoms with Crippen molar-refractivity contribution < 1.29 is 13.9 Å². The summed E-state index contributed by atoms with van der Waals surface area (Å²) in [4.78, 5) is 4.31. The Balaban J connectivity index is 1.77. The number of ether oxygens (including phenoxy) is 2. The van der Waals surface area contributed by atoms with Gasteiger partial charge in [0, 0.05) is 11.6 Å². The van der Waals surface area contributed by atoms with Gasteiger partial charge in [-0.05, 0) is 31.2 Å². The quantitative estimate of drug-likeness (QED) is 0.858. The summed E-state index contributed by atoms with van der Waals surface area (Å²) >= 11 is 6.30. The molecule has 2 aliphatic rings. The van der Waals surface area contributed by atoms with Crippen LogP contribution in [0.15, 0.2) is 22.9 Å². The highest BCUT2D eigenvalue weighted by Crippen LogP contribution is 2.43. The van der Waals surface area contributed by atoms with Gasteiger partial charge in [0.25, 0.3) is 0 Å². The second kappa shape index (κ2) is 4.17. The van der Waals surface area contributed by atoms with Crippen molar-refractivity contribution in [3.8, 4) is 22.8 Å². The molecule has 1 aliphatic heterocycles. The summed E-state index contributed by atoms with van der Waals surface area (Å²) in [6.07, 6.45) is 4.99. The van der Waals surface area contributed by atoms with Gasteiger partial charge in [0.05, 0.1) is 10.7 Å². The second-order valence-electron chi connectivity index (χ2n) is 4.96. The third kappa shape index (κ3) is 1.96. The molecule has 0 N–H and O–H groups in total. The summed E-state index contributed by atoms with van der Waals surface area (Å²) in [5.74, 6) is 2.87. The molecular weight excluding hydrogens is 266 g/mol. The van der Waals surface area contributed by atoms with Crippen LogP contribution in [-0.4, -0.2) is 11.8 Å². The molecule has 0 radical (unpaired) electrons. The van der Waals surface area contributed by atoms with E-state index in [-0.39, 0.29) is 6.79 Å². The molecule has 98 valence electrons. The van der Waals surface area contributed by atoms with Gasteiger partial charge >= 0.3 is 0 Å². The standard InChI is InChI=1S/C14H12ClNO3/c15-10-5-13-12(18-7-19-13)4-9(10)14-11(16-6-17-14)3-8-1-2-8/h4-6,8H,1-3,7H2. The van der Waals surface area contributed by atoms with Gasteiger partial charge in [-0.3, -0.25) is 0 Å². The Morgan fingerprint density at radius 3 is 2.79 bits per heavy atom. The zero-order valence-electron chi connectivity index (χ0n) is 10.2. The molecule has 0 spiro atoms. The highest BCUT2D eigenvalue weighted by molar-refractivity contribution is 6.33. The number of aromatic nitrogens is 1. The average molecular weight is 278 g/mol. The van der Waals surface area contributed by atoms with Crippen LogP contribution >= 0.6 is 11.6 Å². The van der Waals surface area contributed by atoms with Gasteiger partial charge in [0.2, 0.25) is 6.79 Å². The fourth-order valence-corrected chi connectivity index (χ4v) is 2.56. The number of oxazole rings is 1. The summed E-state index contributed by atoms with van der Waals surface area (Å²) in [6.45, 7) is 0.237. The van der Waals surface area contributed by atoms with Crippen molar-refractivity contribution in [3.63, 3.8) is 0 Å². The van der Waals surface area contributed by atoms with Crippen LogP contribution in [0.25, 0.3) is 11.3 Å². The third-order valence-corrected chi connectivity index (χ3v) is 3.84. The predicted octanol–water partition coefficient (Wildman–Crippen LogP) is 3.68. The molecule has 2 heterocycles. The van der Waals surface area contributed by atoms with Crippen LogP contribution in [0.5, 0.6) is 11.5 Å². The van der Waals surface area contributed by atoms with Gasteiger partial charge in [-0.25, -0.2) is 4.98 Å². The molecule has 0 saturated heterocycles. The van der Waals surface area contributed by atoms with E-state index in [1.54, 1.807) is 6.07 Å². The Labute approximate surface area is 115 Å². The first-order valence-corrected chi connectivity index (χ1v) is 6.71. The maximum atomic E-state index is 6.30. The number of rotatable bonds is 3. The first-order chi connectivity index (χ1) is 9.31. The van der Waals surface area contributed by atoms with Crippen molar-refractivity contribution >= 4 is 11.6 Å². The maximum Gasteiger partial charge on any atom is 0.231 e. The minimum Gasteiger partial charge on any atom is -0.454 e. The molecule has 4 rings (SSSR count). The monoisotopic (exact) mass is 277 g/mol. The topological polar surface area (TPSA) is 44.5 Å². The Morgan fingerprint density at radius 1 is 1.21 bits per heavy atom. The zero-order chi connectivity index (χ0) is 12.8. The number of fused-ring (bicyclic) bond motifs is 1. The van der Waals surface area contributed by atoms with Gasteiger partial charge in [0.15, 0.2) is 23.7 Å². The molecule has 1 fully saturated rings. The number of hydrogen-bond donors (Lipinski definition) is 0. The predicted molar refractivity (Wildman–Crippen MR) is 69.5 cm³/mol. The largest absolute Gasteiger partial charge is 0.454 e. The molecule has 1 aliphatic carbocycles. The Hall–Kier alpha value is -1.68. The minimum absolute atomic E-state index is 0.237. The van der Waals surface area contributed by atoms with Gasteiger partial charge in [-0.15, -0.1) is 0 Å². The van der Waals surface area contributed by atoms with Crippen molar-refractivity contribution in [2.24, 2.45) is 5.92 Å². The molecule has 0 bridgehead atoms. The van der Waals surface area contributed by atoms with Crippen LogP contribution < -0.4 is 9.47 Å². The van der Waals surface area contributed by atoms with E-state index in [2.05, 4.69) is 4.98 Å². The Bertz CT molecular complexity index is 634. The SMILES string of the molecule is Clc1cc2c(cc1-c1ocnc1CC1CC1)OCO2. The van der Waals surface area contributed by atoms with E-state index in [1.165, 1.54) is 19.2 Å². The van der Waals surface area contributed by atoms with Crippen LogP contribution in [0.2, 0.25) is 5.02 Å². The van der Waals surface area contributed by atoms with E-state index in [1.807, 2.05) is 6.07 Å². The minimum atomic E-state index is 0.237. The molecule has 1 saturated carbocycles. The Morgan fingerprint density at radius 2 is 2.00 bits per heavy atom. The van der Waals surface area contributed by atoms with E-state index in [4.69, 9.17) is 25.5 Å². The van der Waals surface area contributed by atoms with Crippen LogP contribution in [0.4, 0.5) is 0 Å². The van der Waals surface area contributed by atoms with Crippen LogP contribution in [0.1, 0.15) is 18.5 Å². The van der Waals surface area contributed by atoms with Crippen LogP contribution in [0, 0.1) is 5.92 Å². The van der Waals surface area contributed by atoms with E-state index < -0.39 is 0 Å². The number of benzene rings is 1. The molecule has 0 atom stereocenters. The fourth-order valence-electron chi connectivity index (χ4n) is 2.32. The van der Waals surface area contributed by atoms with Gasteiger partial charge in [-0.1, -0.05) is 11.6 Å². The van der Waals surface area contributed by atoms with E-state index >= 15 is 0 Å². The summed E-state index contributed by atoms with van der Waals surface area (Å²) in [7, 11) is 0. The first-order valence-electron chi connectivity index (χ1n) is 6.33. The summed E-state index contributed by atoms with van der Waals surface area (Å²) in [6, 6.07) is 3.63. The number of hydrogen-bond acceptors (Lipinski definition) is 4. The molecule has 2 aromatic rings. The lowest BCUT2D eigenvalue weighted by molar-refractivity contribution is 0.174. The van der Waals surface area contributed by atoms with E-state index in [0.29, 0.717) is 16.5 Å². The molecule has 0 unspecified atom stereocenters. The number of nitrogens with zero attached hydrogens (tertiary/aromatic N) is 1. The van der Waals surface area contributed by atoms with Crippen LogP contribution in [0.3, 0.4) is 0 Å². The normalized spacial score (nSPS) is 16.9. The lowest BCUT2D eigenvalue weighted by Gasteiger charge is -2.05. The van der Waals surface area contributed by atoms with Crippen molar-refractivity contribution in [1.82, 2.24) is 4.98 Å². The van der Waals surface area contributed by atoms with Crippen LogP contribution in [-0.2, 0) is 6.42 Å². The lowest BCUT2D eigenvalue weighted by Crippen LogP contribution is -1.93. The van der Waals surface area contributed by atoms with Crippen molar-refractivity contribution in [3.05, 3.63) is 29.2 Å². The second-order valence-corrected chi connectivity index (χ2v) is 5.37. The molecular formula is C14H12ClNO3. The molecule has 19 heavy (non-hydrogen) atoms. The van der Waals surface area contributed by atoms with E-state index in [0.717, 1.165) is 29.4 Å². The summed E-state index contributed by atoms with van der Waals surface area (Å²) in [5.41, 5.74) is 1.79. The molecule has 5 heteroatoms.